The molecule has 4 rings (SSSR count). The standard InChI is InChI=1S/C15H9ClN2O2S/c16-10-4-6-13-12(8-10)11-5-3-9-2-1-7-17-14(9)15(11)18-21(13,19)20/h1-8,18H. The van der Waals surface area contributed by atoms with Gasteiger partial charge in [-0.05, 0) is 24.3 Å². The molecule has 21 heavy (non-hydrogen) atoms. The third-order valence-electron chi connectivity index (χ3n) is 3.53. The van der Waals surface area contributed by atoms with E-state index >= 15 is 0 Å². The van der Waals surface area contributed by atoms with Gasteiger partial charge >= 0.3 is 0 Å². The molecule has 0 amide bonds. The van der Waals surface area contributed by atoms with E-state index < -0.39 is 10.0 Å². The molecule has 0 saturated heterocycles. The van der Waals surface area contributed by atoms with Crippen LogP contribution in [0.15, 0.2) is 53.6 Å². The second-order valence-corrected chi connectivity index (χ2v) is 6.90. The highest BCUT2D eigenvalue weighted by Crippen LogP contribution is 2.43. The van der Waals surface area contributed by atoms with Crippen LogP contribution in [0.1, 0.15) is 0 Å². The van der Waals surface area contributed by atoms with Crippen LogP contribution in [-0.2, 0) is 10.0 Å². The molecule has 0 atom stereocenters. The average molecular weight is 317 g/mol. The molecule has 1 N–H and O–H groups in total. The van der Waals surface area contributed by atoms with Crippen molar-refractivity contribution in [3.05, 3.63) is 53.7 Å². The Hall–Kier alpha value is -2.11. The summed E-state index contributed by atoms with van der Waals surface area (Å²) in [6.45, 7) is 0. The summed E-state index contributed by atoms with van der Waals surface area (Å²) >= 11 is 6.02. The number of sulfonamides is 1. The van der Waals surface area contributed by atoms with Crippen molar-refractivity contribution in [3.8, 4) is 11.1 Å². The smallest absolute Gasteiger partial charge is 0.262 e. The monoisotopic (exact) mass is 316 g/mol. The van der Waals surface area contributed by atoms with E-state index in [0.717, 1.165) is 10.9 Å². The number of rotatable bonds is 0. The van der Waals surface area contributed by atoms with E-state index in [2.05, 4.69) is 9.71 Å². The topological polar surface area (TPSA) is 59.1 Å². The van der Waals surface area contributed by atoms with E-state index in [1.54, 1.807) is 18.3 Å². The van der Waals surface area contributed by atoms with Crippen LogP contribution in [0.25, 0.3) is 22.0 Å². The molecule has 104 valence electrons. The Labute approximate surface area is 126 Å². The highest BCUT2D eigenvalue weighted by molar-refractivity contribution is 7.93. The Balaban J connectivity index is 2.17. The number of nitrogens with one attached hydrogen (secondary N) is 1. The second-order valence-electron chi connectivity index (χ2n) is 4.81. The van der Waals surface area contributed by atoms with Crippen LogP contribution < -0.4 is 4.72 Å². The third kappa shape index (κ3) is 1.81. The zero-order valence-corrected chi connectivity index (χ0v) is 12.2. The summed E-state index contributed by atoms with van der Waals surface area (Å²) in [5.74, 6) is 0. The minimum Gasteiger partial charge on any atom is -0.277 e. The number of anilines is 1. The molecule has 1 aliphatic rings. The van der Waals surface area contributed by atoms with Gasteiger partial charge in [0, 0.05) is 27.7 Å². The Morgan fingerprint density at radius 2 is 1.90 bits per heavy atom. The molecule has 1 aliphatic heterocycles. The number of halogens is 1. The van der Waals surface area contributed by atoms with Crippen LogP contribution in [0.2, 0.25) is 5.02 Å². The first-order chi connectivity index (χ1) is 10.1. The predicted octanol–water partition coefficient (Wildman–Crippen LogP) is 3.67. The SMILES string of the molecule is O=S1(=O)Nc2c(ccc3cccnc23)-c2cc(Cl)ccc21. The molecule has 0 aliphatic carbocycles. The highest BCUT2D eigenvalue weighted by atomic mass is 35.5. The number of hydrogen-bond donors (Lipinski definition) is 1. The van der Waals surface area contributed by atoms with Gasteiger partial charge in [-0.2, -0.15) is 0 Å². The normalized spacial score (nSPS) is 15.1. The Morgan fingerprint density at radius 3 is 2.76 bits per heavy atom. The Morgan fingerprint density at radius 1 is 1.05 bits per heavy atom. The molecule has 2 heterocycles. The maximum atomic E-state index is 12.4. The molecular weight excluding hydrogens is 308 g/mol. The maximum Gasteiger partial charge on any atom is 0.262 e. The molecule has 3 aromatic rings. The lowest BCUT2D eigenvalue weighted by molar-refractivity contribution is 0.601. The van der Waals surface area contributed by atoms with Crippen LogP contribution in [0.4, 0.5) is 5.69 Å². The number of hydrogen-bond acceptors (Lipinski definition) is 3. The Bertz CT molecular complexity index is 1000. The fourth-order valence-electron chi connectivity index (χ4n) is 2.61. The number of pyridine rings is 1. The van der Waals surface area contributed by atoms with Crippen molar-refractivity contribution < 1.29 is 8.42 Å². The van der Waals surface area contributed by atoms with E-state index in [9.17, 15) is 8.42 Å². The minimum atomic E-state index is -3.61. The van der Waals surface area contributed by atoms with E-state index in [1.807, 2.05) is 24.3 Å². The van der Waals surface area contributed by atoms with Crippen molar-refractivity contribution in [3.63, 3.8) is 0 Å². The molecule has 4 nitrogen and oxygen atoms in total. The summed E-state index contributed by atoms with van der Waals surface area (Å²) in [4.78, 5) is 4.53. The van der Waals surface area contributed by atoms with Gasteiger partial charge in [-0.25, -0.2) is 8.42 Å². The molecule has 0 bridgehead atoms. The average Bonchev–Trinajstić information content (AvgIpc) is 2.46. The van der Waals surface area contributed by atoms with Gasteiger partial charge < -0.3 is 0 Å². The summed E-state index contributed by atoms with van der Waals surface area (Å²) in [5.41, 5.74) is 2.52. The van der Waals surface area contributed by atoms with Gasteiger partial charge in [0.2, 0.25) is 0 Å². The molecule has 0 saturated carbocycles. The fourth-order valence-corrected chi connectivity index (χ4v) is 4.07. The molecule has 0 radical (unpaired) electrons. The van der Waals surface area contributed by atoms with Gasteiger partial charge in [0.15, 0.2) is 0 Å². The lowest BCUT2D eigenvalue weighted by Gasteiger charge is -2.22. The number of aromatic nitrogens is 1. The summed E-state index contributed by atoms with van der Waals surface area (Å²) in [7, 11) is -3.61. The van der Waals surface area contributed by atoms with E-state index in [0.29, 0.717) is 21.8 Å². The van der Waals surface area contributed by atoms with Crippen molar-refractivity contribution in [2.24, 2.45) is 0 Å². The van der Waals surface area contributed by atoms with Gasteiger partial charge in [0.05, 0.1) is 16.1 Å². The van der Waals surface area contributed by atoms with Crippen LogP contribution in [0.5, 0.6) is 0 Å². The highest BCUT2D eigenvalue weighted by Gasteiger charge is 2.29. The van der Waals surface area contributed by atoms with E-state index in [4.69, 9.17) is 11.6 Å². The van der Waals surface area contributed by atoms with Gasteiger partial charge in [-0.15, -0.1) is 0 Å². The van der Waals surface area contributed by atoms with Crippen molar-refractivity contribution in [2.45, 2.75) is 4.90 Å². The number of nitrogens with zero attached hydrogens (tertiary/aromatic N) is 1. The molecular formula is C15H9ClN2O2S. The van der Waals surface area contributed by atoms with Gasteiger partial charge in [-0.1, -0.05) is 29.8 Å². The molecule has 0 fully saturated rings. The summed E-state index contributed by atoms with van der Waals surface area (Å²) < 4.78 is 27.4. The van der Waals surface area contributed by atoms with Gasteiger partial charge in [-0.3, -0.25) is 9.71 Å². The lowest BCUT2D eigenvalue weighted by Crippen LogP contribution is -2.19. The van der Waals surface area contributed by atoms with Crippen molar-refractivity contribution >= 4 is 38.2 Å². The summed E-state index contributed by atoms with van der Waals surface area (Å²) in [6, 6.07) is 12.3. The summed E-state index contributed by atoms with van der Waals surface area (Å²) in [5, 5.41) is 1.38. The van der Waals surface area contributed by atoms with Crippen LogP contribution in [0.3, 0.4) is 0 Å². The fraction of sp³-hybridized carbons (Fsp3) is 0. The largest absolute Gasteiger partial charge is 0.277 e. The zero-order chi connectivity index (χ0) is 14.6. The summed E-state index contributed by atoms with van der Waals surface area (Å²) in [6.07, 6.45) is 1.64. The van der Waals surface area contributed by atoms with Crippen LogP contribution in [0, 0.1) is 0 Å². The van der Waals surface area contributed by atoms with Crippen LogP contribution >= 0.6 is 11.6 Å². The minimum absolute atomic E-state index is 0.231. The molecule has 6 heteroatoms. The van der Waals surface area contributed by atoms with Gasteiger partial charge in [0.1, 0.15) is 0 Å². The number of fused-ring (bicyclic) bond motifs is 5. The number of benzene rings is 2. The quantitative estimate of drug-likeness (QED) is 0.688. The first-order valence-corrected chi connectivity index (χ1v) is 8.13. The lowest BCUT2D eigenvalue weighted by atomic mass is 10.0. The van der Waals surface area contributed by atoms with Crippen molar-refractivity contribution in [2.75, 3.05) is 4.72 Å². The second kappa shape index (κ2) is 4.19. The zero-order valence-electron chi connectivity index (χ0n) is 10.7. The molecule has 1 aromatic heterocycles. The molecule has 0 unspecified atom stereocenters. The van der Waals surface area contributed by atoms with Crippen molar-refractivity contribution in [1.29, 1.82) is 0 Å². The predicted molar refractivity (Wildman–Crippen MR) is 83.0 cm³/mol. The van der Waals surface area contributed by atoms with Gasteiger partial charge in [0.25, 0.3) is 10.0 Å². The molecule has 2 aromatic carbocycles. The van der Waals surface area contributed by atoms with E-state index in [1.165, 1.54) is 6.07 Å². The van der Waals surface area contributed by atoms with Crippen LogP contribution in [-0.4, -0.2) is 13.4 Å². The first kappa shape index (κ1) is 12.6. The first-order valence-electron chi connectivity index (χ1n) is 6.27. The maximum absolute atomic E-state index is 12.4. The Kier molecular flexibility index (Phi) is 2.52. The van der Waals surface area contributed by atoms with Crippen molar-refractivity contribution in [1.82, 2.24) is 4.98 Å². The van der Waals surface area contributed by atoms with E-state index in [-0.39, 0.29) is 4.90 Å². The molecule has 0 spiro atoms. The third-order valence-corrected chi connectivity index (χ3v) is 5.18.